The van der Waals surface area contributed by atoms with Crippen molar-refractivity contribution in [3.63, 3.8) is 0 Å². The van der Waals surface area contributed by atoms with E-state index in [0.717, 1.165) is 12.0 Å². The molecule has 0 radical (unpaired) electrons. The standard InChI is InChI=1S/C18H21N3O3/c1-23-16-9-8-15(12-17(16)24-2)13-20-21-18(22)19-11-10-14-6-4-3-5-7-14/h3-9,12-13H,10-11H2,1-2H3,(H2,19,21,22). The Morgan fingerprint density at radius 2 is 1.83 bits per heavy atom. The molecule has 2 amide bonds. The van der Waals surface area contributed by atoms with Gasteiger partial charge in [0.2, 0.25) is 0 Å². The largest absolute Gasteiger partial charge is 0.493 e. The molecule has 24 heavy (non-hydrogen) atoms. The molecule has 0 aliphatic carbocycles. The van der Waals surface area contributed by atoms with Gasteiger partial charge < -0.3 is 14.8 Å². The Kier molecular flexibility index (Phi) is 6.64. The summed E-state index contributed by atoms with van der Waals surface area (Å²) in [5.41, 5.74) is 4.39. The van der Waals surface area contributed by atoms with Crippen molar-refractivity contribution in [3.05, 3.63) is 59.7 Å². The topological polar surface area (TPSA) is 72.0 Å². The summed E-state index contributed by atoms with van der Waals surface area (Å²) in [6, 6.07) is 15.0. The maximum atomic E-state index is 11.7. The highest BCUT2D eigenvalue weighted by Gasteiger charge is 2.03. The molecule has 6 heteroatoms. The van der Waals surface area contributed by atoms with Crippen molar-refractivity contribution in [3.8, 4) is 11.5 Å². The summed E-state index contributed by atoms with van der Waals surface area (Å²) < 4.78 is 10.4. The molecule has 6 nitrogen and oxygen atoms in total. The molecule has 2 N–H and O–H groups in total. The molecule has 0 aliphatic heterocycles. The van der Waals surface area contributed by atoms with Gasteiger partial charge in [-0.05, 0) is 35.7 Å². The average Bonchev–Trinajstić information content (AvgIpc) is 2.62. The van der Waals surface area contributed by atoms with Gasteiger partial charge >= 0.3 is 6.03 Å². The predicted molar refractivity (Wildman–Crippen MR) is 93.8 cm³/mol. The van der Waals surface area contributed by atoms with Crippen LogP contribution in [0.4, 0.5) is 4.79 Å². The molecular formula is C18H21N3O3. The number of amides is 2. The zero-order chi connectivity index (χ0) is 17.2. The number of hydrogen-bond donors (Lipinski definition) is 2. The molecule has 0 atom stereocenters. The third-order valence-corrected chi connectivity index (χ3v) is 3.33. The first-order valence-corrected chi connectivity index (χ1v) is 7.56. The number of rotatable bonds is 7. The summed E-state index contributed by atoms with van der Waals surface area (Å²) in [5.74, 6) is 1.25. The molecule has 0 spiro atoms. The summed E-state index contributed by atoms with van der Waals surface area (Å²) in [6.45, 7) is 0.543. The van der Waals surface area contributed by atoms with Gasteiger partial charge in [0.25, 0.3) is 0 Å². The van der Waals surface area contributed by atoms with Crippen LogP contribution >= 0.6 is 0 Å². The third kappa shape index (κ3) is 5.31. The zero-order valence-electron chi connectivity index (χ0n) is 13.8. The number of carbonyl (C=O) groups is 1. The van der Waals surface area contributed by atoms with E-state index in [-0.39, 0.29) is 6.03 Å². The summed E-state index contributed by atoms with van der Waals surface area (Å²) in [7, 11) is 3.14. The molecule has 126 valence electrons. The van der Waals surface area contributed by atoms with Crippen molar-refractivity contribution < 1.29 is 14.3 Å². The first kappa shape index (κ1) is 17.3. The van der Waals surface area contributed by atoms with E-state index in [1.807, 2.05) is 36.4 Å². The Morgan fingerprint density at radius 1 is 1.08 bits per heavy atom. The van der Waals surface area contributed by atoms with E-state index >= 15 is 0 Å². The van der Waals surface area contributed by atoms with Gasteiger partial charge in [-0.3, -0.25) is 0 Å². The fourth-order valence-electron chi connectivity index (χ4n) is 2.10. The molecule has 2 aromatic carbocycles. The summed E-state index contributed by atoms with van der Waals surface area (Å²) in [4.78, 5) is 11.7. The van der Waals surface area contributed by atoms with Gasteiger partial charge in [-0.25, -0.2) is 10.2 Å². The Morgan fingerprint density at radius 3 is 2.54 bits per heavy atom. The summed E-state index contributed by atoms with van der Waals surface area (Å²) in [5, 5.41) is 6.66. The van der Waals surface area contributed by atoms with Crippen molar-refractivity contribution in [1.29, 1.82) is 0 Å². The molecule has 0 unspecified atom stereocenters. The Labute approximate surface area is 141 Å². The Bertz CT molecular complexity index is 687. The molecular weight excluding hydrogens is 306 g/mol. The minimum atomic E-state index is -0.345. The highest BCUT2D eigenvalue weighted by molar-refractivity contribution is 5.82. The number of urea groups is 1. The van der Waals surface area contributed by atoms with Gasteiger partial charge in [-0.2, -0.15) is 5.10 Å². The minimum absolute atomic E-state index is 0.345. The van der Waals surface area contributed by atoms with Crippen LogP contribution in [0.15, 0.2) is 53.6 Å². The van der Waals surface area contributed by atoms with Crippen LogP contribution in [-0.2, 0) is 6.42 Å². The van der Waals surface area contributed by atoms with Crippen molar-refractivity contribution in [2.45, 2.75) is 6.42 Å². The van der Waals surface area contributed by atoms with Crippen LogP contribution in [0.25, 0.3) is 0 Å². The number of nitrogens with one attached hydrogen (secondary N) is 2. The number of methoxy groups -OCH3 is 2. The second-order valence-electron chi connectivity index (χ2n) is 4.98. The van der Waals surface area contributed by atoms with Crippen LogP contribution in [0.1, 0.15) is 11.1 Å². The lowest BCUT2D eigenvalue weighted by Gasteiger charge is -2.07. The first-order chi connectivity index (χ1) is 11.7. The third-order valence-electron chi connectivity index (χ3n) is 3.33. The van der Waals surface area contributed by atoms with Crippen molar-refractivity contribution in [2.24, 2.45) is 5.10 Å². The van der Waals surface area contributed by atoms with Gasteiger partial charge in [-0.15, -0.1) is 0 Å². The molecule has 0 fully saturated rings. The second-order valence-corrected chi connectivity index (χ2v) is 4.98. The summed E-state index contributed by atoms with van der Waals surface area (Å²) >= 11 is 0. The number of benzene rings is 2. The fraction of sp³-hybridized carbons (Fsp3) is 0.222. The number of carbonyl (C=O) groups excluding carboxylic acids is 1. The lowest BCUT2D eigenvalue weighted by molar-refractivity contribution is 0.241. The molecule has 2 rings (SSSR count). The normalized spacial score (nSPS) is 10.4. The average molecular weight is 327 g/mol. The van der Waals surface area contributed by atoms with Crippen molar-refractivity contribution in [1.82, 2.24) is 10.7 Å². The van der Waals surface area contributed by atoms with E-state index in [0.29, 0.717) is 18.0 Å². The maximum absolute atomic E-state index is 11.7. The molecule has 0 saturated carbocycles. The van der Waals surface area contributed by atoms with Crippen LogP contribution in [0, 0.1) is 0 Å². The van der Waals surface area contributed by atoms with Gasteiger partial charge in [0.05, 0.1) is 20.4 Å². The fourth-order valence-corrected chi connectivity index (χ4v) is 2.10. The van der Waals surface area contributed by atoms with E-state index in [4.69, 9.17) is 9.47 Å². The molecule has 0 bridgehead atoms. The van der Waals surface area contributed by atoms with Crippen molar-refractivity contribution in [2.75, 3.05) is 20.8 Å². The molecule has 0 aliphatic rings. The van der Waals surface area contributed by atoms with Crippen LogP contribution in [0.5, 0.6) is 11.5 Å². The van der Waals surface area contributed by atoms with Crippen molar-refractivity contribution >= 4 is 12.2 Å². The van der Waals surface area contributed by atoms with Crippen LogP contribution < -0.4 is 20.2 Å². The van der Waals surface area contributed by atoms with E-state index < -0.39 is 0 Å². The Hall–Kier alpha value is -3.02. The smallest absolute Gasteiger partial charge is 0.335 e. The molecule has 2 aromatic rings. The monoisotopic (exact) mass is 327 g/mol. The Balaban J connectivity index is 1.77. The number of nitrogens with zero attached hydrogens (tertiary/aromatic N) is 1. The van der Waals surface area contributed by atoms with E-state index in [9.17, 15) is 4.79 Å². The van der Waals surface area contributed by atoms with Crippen LogP contribution in [-0.4, -0.2) is 33.0 Å². The SMILES string of the molecule is COc1ccc(C=NNC(=O)NCCc2ccccc2)cc1OC. The van der Waals surface area contributed by atoms with Crippen LogP contribution in [0.3, 0.4) is 0 Å². The molecule has 0 heterocycles. The van der Waals surface area contributed by atoms with Crippen LogP contribution in [0.2, 0.25) is 0 Å². The molecule has 0 saturated heterocycles. The van der Waals surface area contributed by atoms with Gasteiger partial charge in [0, 0.05) is 6.54 Å². The highest BCUT2D eigenvalue weighted by Crippen LogP contribution is 2.26. The minimum Gasteiger partial charge on any atom is -0.493 e. The van der Waals surface area contributed by atoms with Gasteiger partial charge in [-0.1, -0.05) is 30.3 Å². The molecule has 0 aromatic heterocycles. The van der Waals surface area contributed by atoms with Gasteiger partial charge in [0.15, 0.2) is 11.5 Å². The quantitative estimate of drug-likeness (QED) is 0.606. The van der Waals surface area contributed by atoms with E-state index in [1.54, 1.807) is 32.6 Å². The number of hydrazone groups is 1. The predicted octanol–water partition coefficient (Wildman–Crippen LogP) is 2.58. The highest BCUT2D eigenvalue weighted by atomic mass is 16.5. The first-order valence-electron chi connectivity index (χ1n) is 7.56. The summed E-state index contributed by atoms with van der Waals surface area (Å²) in [6.07, 6.45) is 2.31. The van der Waals surface area contributed by atoms with Gasteiger partial charge in [0.1, 0.15) is 0 Å². The zero-order valence-corrected chi connectivity index (χ0v) is 13.8. The van der Waals surface area contributed by atoms with E-state index in [2.05, 4.69) is 15.8 Å². The van der Waals surface area contributed by atoms with E-state index in [1.165, 1.54) is 5.56 Å². The maximum Gasteiger partial charge on any atom is 0.335 e. The lowest BCUT2D eigenvalue weighted by Crippen LogP contribution is -2.33. The second kappa shape index (κ2) is 9.19. The number of ether oxygens (including phenoxy) is 2. The lowest BCUT2D eigenvalue weighted by atomic mass is 10.1. The number of hydrogen-bond acceptors (Lipinski definition) is 4.